The second-order valence-corrected chi connectivity index (χ2v) is 6.87. The summed E-state index contributed by atoms with van der Waals surface area (Å²) in [4.78, 5) is 4.77. The summed E-state index contributed by atoms with van der Waals surface area (Å²) in [6.45, 7) is 4.76. The molecule has 0 atom stereocenters. The van der Waals surface area contributed by atoms with Crippen LogP contribution >= 0.6 is 15.9 Å². The summed E-state index contributed by atoms with van der Waals surface area (Å²) in [5, 5.41) is 8.90. The third-order valence-corrected chi connectivity index (χ3v) is 5.10. The van der Waals surface area contributed by atoms with Gasteiger partial charge >= 0.3 is 0 Å². The van der Waals surface area contributed by atoms with Crippen LogP contribution in [0.15, 0.2) is 46.9 Å². The fourth-order valence-corrected chi connectivity index (χ4v) is 3.50. The average Bonchev–Trinajstić information content (AvgIpc) is 2.83. The molecule has 24 heavy (non-hydrogen) atoms. The number of nitrogens with zero attached hydrogens (tertiary/aromatic N) is 3. The van der Waals surface area contributed by atoms with Crippen molar-refractivity contribution in [3.8, 4) is 6.07 Å². The highest BCUT2D eigenvalue weighted by atomic mass is 79.9. The molecule has 1 saturated heterocycles. The molecule has 0 saturated carbocycles. The molecular weight excluding hydrogens is 369 g/mol. The smallest absolute Gasteiger partial charge is 0.124 e. The molecule has 3 rings (SSSR count). The molecule has 5 heteroatoms. The van der Waals surface area contributed by atoms with Crippen LogP contribution in [0, 0.1) is 17.1 Å². The maximum atomic E-state index is 13.2. The summed E-state index contributed by atoms with van der Waals surface area (Å²) in [5.41, 5.74) is 2.97. The molecule has 0 N–H and O–H groups in total. The maximum Gasteiger partial charge on any atom is 0.124 e. The zero-order chi connectivity index (χ0) is 16.9. The van der Waals surface area contributed by atoms with E-state index in [1.807, 2.05) is 30.3 Å². The van der Waals surface area contributed by atoms with Crippen LogP contribution in [-0.2, 0) is 6.54 Å². The van der Waals surface area contributed by atoms with E-state index in [2.05, 4.69) is 31.8 Å². The minimum atomic E-state index is -0.214. The van der Waals surface area contributed by atoms with Gasteiger partial charge in [-0.2, -0.15) is 5.26 Å². The van der Waals surface area contributed by atoms with Gasteiger partial charge in [0.1, 0.15) is 5.82 Å². The Morgan fingerprint density at radius 2 is 1.83 bits per heavy atom. The first kappa shape index (κ1) is 16.9. The molecule has 2 aromatic rings. The van der Waals surface area contributed by atoms with Gasteiger partial charge in [0.25, 0.3) is 0 Å². The molecule has 0 amide bonds. The fraction of sp³-hybridized carbons (Fsp3) is 0.316. The summed E-state index contributed by atoms with van der Waals surface area (Å²) in [5.74, 6) is -0.214. The first-order valence-corrected chi connectivity index (χ1v) is 8.86. The minimum Gasteiger partial charge on any atom is -0.370 e. The van der Waals surface area contributed by atoms with Crippen molar-refractivity contribution in [3.05, 3.63) is 63.9 Å². The van der Waals surface area contributed by atoms with Crippen LogP contribution in [0.2, 0.25) is 0 Å². The predicted octanol–water partition coefficient (Wildman–Crippen LogP) is 4.17. The summed E-state index contributed by atoms with van der Waals surface area (Å²) >= 11 is 3.45. The van der Waals surface area contributed by atoms with E-state index in [1.165, 1.54) is 17.8 Å². The van der Waals surface area contributed by atoms with Crippen molar-refractivity contribution in [1.29, 1.82) is 5.26 Å². The van der Waals surface area contributed by atoms with Crippen molar-refractivity contribution in [2.24, 2.45) is 0 Å². The van der Waals surface area contributed by atoms with E-state index in [4.69, 9.17) is 5.26 Å². The molecule has 0 unspecified atom stereocenters. The number of rotatable bonds is 3. The Labute approximate surface area is 150 Å². The van der Waals surface area contributed by atoms with E-state index in [-0.39, 0.29) is 5.82 Å². The molecule has 0 aliphatic carbocycles. The van der Waals surface area contributed by atoms with Crippen LogP contribution in [0.1, 0.15) is 17.5 Å². The summed E-state index contributed by atoms with van der Waals surface area (Å²) in [6.07, 6.45) is 1.08. The SMILES string of the molecule is N#Cc1ccc(N2CCCN(Cc3ccc(F)cc3Br)CC2)cc1. The molecule has 1 aliphatic heterocycles. The van der Waals surface area contributed by atoms with Crippen molar-refractivity contribution in [2.45, 2.75) is 13.0 Å². The second kappa shape index (κ2) is 7.78. The third-order valence-electron chi connectivity index (χ3n) is 4.36. The lowest BCUT2D eigenvalue weighted by Gasteiger charge is -2.24. The van der Waals surface area contributed by atoms with Crippen LogP contribution in [0.4, 0.5) is 10.1 Å². The van der Waals surface area contributed by atoms with E-state index in [0.29, 0.717) is 5.56 Å². The topological polar surface area (TPSA) is 30.3 Å². The third kappa shape index (κ3) is 4.14. The Morgan fingerprint density at radius 3 is 2.54 bits per heavy atom. The van der Waals surface area contributed by atoms with E-state index in [9.17, 15) is 4.39 Å². The predicted molar refractivity (Wildman–Crippen MR) is 97.4 cm³/mol. The van der Waals surface area contributed by atoms with Crippen molar-refractivity contribution in [1.82, 2.24) is 4.90 Å². The summed E-state index contributed by atoms with van der Waals surface area (Å²) in [6, 6.07) is 14.8. The lowest BCUT2D eigenvalue weighted by molar-refractivity contribution is 0.285. The molecule has 0 bridgehead atoms. The van der Waals surface area contributed by atoms with E-state index in [0.717, 1.165) is 49.2 Å². The molecular formula is C19H19BrFN3. The number of benzene rings is 2. The van der Waals surface area contributed by atoms with Gasteiger partial charge in [-0.15, -0.1) is 0 Å². The van der Waals surface area contributed by atoms with Crippen LogP contribution in [0.3, 0.4) is 0 Å². The molecule has 1 heterocycles. The normalized spacial score (nSPS) is 15.8. The van der Waals surface area contributed by atoms with E-state index < -0.39 is 0 Å². The zero-order valence-electron chi connectivity index (χ0n) is 13.4. The van der Waals surface area contributed by atoms with Crippen molar-refractivity contribution >= 4 is 21.6 Å². The average molecular weight is 388 g/mol. The Morgan fingerprint density at radius 1 is 1.04 bits per heavy atom. The fourth-order valence-electron chi connectivity index (χ4n) is 3.02. The number of hydrogen-bond acceptors (Lipinski definition) is 3. The van der Waals surface area contributed by atoms with Gasteiger partial charge in [-0.1, -0.05) is 22.0 Å². The number of anilines is 1. The molecule has 3 nitrogen and oxygen atoms in total. The Bertz CT molecular complexity index is 739. The highest BCUT2D eigenvalue weighted by molar-refractivity contribution is 9.10. The van der Waals surface area contributed by atoms with Crippen LogP contribution < -0.4 is 4.90 Å². The number of hydrogen-bond donors (Lipinski definition) is 0. The molecule has 1 fully saturated rings. The number of halogens is 2. The highest BCUT2D eigenvalue weighted by Gasteiger charge is 2.16. The van der Waals surface area contributed by atoms with Gasteiger partial charge in [0.05, 0.1) is 11.6 Å². The highest BCUT2D eigenvalue weighted by Crippen LogP contribution is 2.22. The largest absolute Gasteiger partial charge is 0.370 e. The Hall–Kier alpha value is -1.90. The first-order chi connectivity index (χ1) is 11.7. The molecule has 1 aliphatic rings. The summed E-state index contributed by atoms with van der Waals surface area (Å²) < 4.78 is 14.0. The van der Waals surface area contributed by atoms with E-state index >= 15 is 0 Å². The van der Waals surface area contributed by atoms with Gasteiger partial charge in [-0.05, 0) is 48.4 Å². The second-order valence-electron chi connectivity index (χ2n) is 6.01. The Kier molecular flexibility index (Phi) is 5.49. The van der Waals surface area contributed by atoms with Gasteiger partial charge in [0.2, 0.25) is 0 Å². The van der Waals surface area contributed by atoms with Crippen molar-refractivity contribution in [3.63, 3.8) is 0 Å². The van der Waals surface area contributed by atoms with Crippen molar-refractivity contribution < 1.29 is 4.39 Å². The van der Waals surface area contributed by atoms with Crippen LogP contribution in [0.25, 0.3) is 0 Å². The van der Waals surface area contributed by atoms with E-state index in [1.54, 1.807) is 0 Å². The lowest BCUT2D eigenvalue weighted by atomic mass is 10.2. The molecule has 0 radical (unpaired) electrons. The standard InChI is InChI=1S/C19H19BrFN3/c20-19-12-17(21)5-4-16(19)14-23-8-1-9-24(11-10-23)18-6-2-15(13-22)3-7-18/h2-7,12H,1,8-11,14H2. The van der Waals surface area contributed by atoms with Gasteiger partial charge < -0.3 is 4.90 Å². The Balaban J connectivity index is 1.63. The summed E-state index contributed by atoms with van der Waals surface area (Å²) in [7, 11) is 0. The number of nitriles is 1. The molecule has 0 aromatic heterocycles. The molecule has 0 spiro atoms. The van der Waals surface area contributed by atoms with Gasteiger partial charge in [0, 0.05) is 42.9 Å². The molecule has 124 valence electrons. The van der Waals surface area contributed by atoms with Crippen molar-refractivity contribution in [2.75, 3.05) is 31.1 Å². The first-order valence-electron chi connectivity index (χ1n) is 8.07. The lowest BCUT2D eigenvalue weighted by Crippen LogP contribution is -2.30. The molecule has 2 aromatic carbocycles. The van der Waals surface area contributed by atoms with Crippen LogP contribution in [-0.4, -0.2) is 31.1 Å². The monoisotopic (exact) mass is 387 g/mol. The van der Waals surface area contributed by atoms with Gasteiger partial charge in [0.15, 0.2) is 0 Å². The van der Waals surface area contributed by atoms with Gasteiger partial charge in [-0.3, -0.25) is 4.90 Å². The maximum absolute atomic E-state index is 13.2. The minimum absolute atomic E-state index is 0.214. The van der Waals surface area contributed by atoms with Crippen LogP contribution in [0.5, 0.6) is 0 Å². The van der Waals surface area contributed by atoms with Gasteiger partial charge in [-0.25, -0.2) is 4.39 Å². The quantitative estimate of drug-likeness (QED) is 0.791. The zero-order valence-corrected chi connectivity index (χ0v) is 15.0.